The molecule has 1 atom stereocenters. The van der Waals surface area contributed by atoms with Gasteiger partial charge in [0.05, 0.1) is 6.04 Å². The molecule has 4 heteroatoms. The van der Waals surface area contributed by atoms with Crippen LogP contribution in [0.2, 0.25) is 0 Å². The fraction of sp³-hybridized carbons (Fsp3) is 0.267. The summed E-state index contributed by atoms with van der Waals surface area (Å²) in [6, 6.07) is 0.0174. The second-order valence-electron chi connectivity index (χ2n) is 3.73. The van der Waals surface area contributed by atoms with E-state index in [1.165, 1.54) is 0 Å². The minimum atomic E-state index is 0.0174. The first-order valence-electron chi connectivity index (χ1n) is 6.00. The highest BCUT2D eigenvalue weighted by Crippen LogP contribution is 2.17. The normalized spacial score (nSPS) is 12.9. The molecule has 0 aromatic carbocycles. The third-order valence-electron chi connectivity index (χ3n) is 2.51. The molecule has 0 fully saturated rings. The molecule has 0 radical (unpaired) electrons. The fourth-order valence-corrected chi connectivity index (χ4v) is 2.18. The Hall–Kier alpha value is -1.83. The minimum Gasteiger partial charge on any atom is -0.334 e. The Morgan fingerprint density at radius 2 is 2.37 bits per heavy atom. The van der Waals surface area contributed by atoms with Crippen molar-refractivity contribution in [2.75, 3.05) is 12.4 Å². The summed E-state index contributed by atoms with van der Waals surface area (Å²) in [6.07, 6.45) is 7.65. The number of aromatic nitrogens is 1. The average molecular weight is 273 g/mol. The third-order valence-corrected chi connectivity index (χ3v) is 3.20. The summed E-state index contributed by atoms with van der Waals surface area (Å²) in [5, 5.41) is 9.23. The molecular formula is C15H19N3S. The van der Waals surface area contributed by atoms with E-state index >= 15 is 0 Å². The molecule has 0 aliphatic heterocycles. The van der Waals surface area contributed by atoms with Gasteiger partial charge in [-0.3, -0.25) is 0 Å². The predicted molar refractivity (Wildman–Crippen MR) is 84.1 cm³/mol. The lowest BCUT2D eigenvalue weighted by molar-refractivity contribution is 0.732. The Balaban J connectivity index is 2.79. The van der Waals surface area contributed by atoms with Crippen LogP contribution in [0.1, 0.15) is 13.8 Å². The van der Waals surface area contributed by atoms with Gasteiger partial charge in [-0.2, -0.15) is 0 Å². The number of anilines is 1. The standard InChI is InChI=1S/C15H19N3S/c1-5-7-8-9-13(6-2)14(16-4)12(3)18-15-17-10-11-19-15/h6,8-11,14,16H,3H2,1-2,4H3,(H,17,18)/b9-8-,13-6+. The summed E-state index contributed by atoms with van der Waals surface area (Å²) in [5.74, 6) is 5.76. The van der Waals surface area contributed by atoms with E-state index in [9.17, 15) is 0 Å². The summed E-state index contributed by atoms with van der Waals surface area (Å²) in [7, 11) is 1.90. The van der Waals surface area contributed by atoms with Crippen LogP contribution in [0.5, 0.6) is 0 Å². The van der Waals surface area contributed by atoms with Crippen LogP contribution in [0.15, 0.2) is 47.7 Å². The van der Waals surface area contributed by atoms with Gasteiger partial charge >= 0.3 is 0 Å². The van der Waals surface area contributed by atoms with E-state index in [0.717, 1.165) is 16.4 Å². The third kappa shape index (κ3) is 4.74. The van der Waals surface area contributed by atoms with Crippen LogP contribution in [0.25, 0.3) is 0 Å². The molecule has 2 N–H and O–H groups in total. The molecular weight excluding hydrogens is 254 g/mol. The van der Waals surface area contributed by atoms with E-state index in [1.54, 1.807) is 17.5 Å². The number of nitrogens with one attached hydrogen (secondary N) is 2. The van der Waals surface area contributed by atoms with Crippen LogP contribution in [-0.2, 0) is 0 Å². The fourth-order valence-electron chi connectivity index (χ4n) is 1.62. The Morgan fingerprint density at radius 1 is 1.58 bits per heavy atom. The zero-order chi connectivity index (χ0) is 14.1. The molecule has 1 unspecified atom stereocenters. The first-order chi connectivity index (χ1) is 9.22. The van der Waals surface area contributed by atoms with Gasteiger partial charge in [-0.1, -0.05) is 18.6 Å². The smallest absolute Gasteiger partial charge is 0.186 e. The lowest BCUT2D eigenvalue weighted by Gasteiger charge is -2.20. The Kier molecular flexibility index (Phi) is 6.65. The average Bonchev–Trinajstić information content (AvgIpc) is 2.90. The number of hydrogen-bond acceptors (Lipinski definition) is 4. The van der Waals surface area contributed by atoms with Crippen LogP contribution < -0.4 is 10.6 Å². The summed E-state index contributed by atoms with van der Waals surface area (Å²) >= 11 is 1.55. The van der Waals surface area contributed by atoms with Crippen LogP contribution in [0, 0.1) is 11.8 Å². The lowest BCUT2D eigenvalue weighted by Crippen LogP contribution is -2.31. The molecule has 0 bridgehead atoms. The van der Waals surface area contributed by atoms with Crippen molar-refractivity contribution in [3.63, 3.8) is 0 Å². The largest absolute Gasteiger partial charge is 0.334 e. The molecule has 0 saturated heterocycles. The highest BCUT2D eigenvalue weighted by molar-refractivity contribution is 7.13. The molecule has 0 amide bonds. The van der Waals surface area contributed by atoms with Gasteiger partial charge in [0.25, 0.3) is 0 Å². The van der Waals surface area contributed by atoms with Crippen molar-refractivity contribution in [3.05, 3.63) is 47.7 Å². The van der Waals surface area contributed by atoms with Crippen LogP contribution in [0.3, 0.4) is 0 Å². The van der Waals surface area contributed by atoms with Crippen LogP contribution in [0.4, 0.5) is 5.13 Å². The molecule has 1 heterocycles. The number of thiazole rings is 1. The molecule has 0 saturated carbocycles. The second-order valence-corrected chi connectivity index (χ2v) is 4.62. The Morgan fingerprint density at radius 3 is 2.89 bits per heavy atom. The molecule has 1 rings (SSSR count). The zero-order valence-corrected chi connectivity index (χ0v) is 12.3. The molecule has 0 spiro atoms. The number of likely N-dealkylation sites (N-methyl/N-ethyl adjacent to an activating group) is 1. The van der Waals surface area contributed by atoms with Gasteiger partial charge in [-0.15, -0.1) is 17.3 Å². The van der Waals surface area contributed by atoms with Crippen molar-refractivity contribution < 1.29 is 0 Å². The van der Waals surface area contributed by atoms with Crippen molar-refractivity contribution in [1.82, 2.24) is 10.3 Å². The van der Waals surface area contributed by atoms with Crippen LogP contribution in [-0.4, -0.2) is 18.1 Å². The maximum Gasteiger partial charge on any atom is 0.186 e. The summed E-state index contributed by atoms with van der Waals surface area (Å²) in [5.41, 5.74) is 1.97. The highest BCUT2D eigenvalue weighted by Gasteiger charge is 2.14. The lowest BCUT2D eigenvalue weighted by atomic mass is 10.0. The van der Waals surface area contributed by atoms with Gasteiger partial charge in [0, 0.05) is 17.3 Å². The van der Waals surface area contributed by atoms with Crippen molar-refractivity contribution in [3.8, 4) is 11.8 Å². The van der Waals surface area contributed by atoms with E-state index < -0.39 is 0 Å². The van der Waals surface area contributed by atoms with Crippen molar-refractivity contribution in [1.29, 1.82) is 0 Å². The summed E-state index contributed by atoms with van der Waals surface area (Å²) < 4.78 is 0. The second kappa shape index (κ2) is 8.30. The minimum absolute atomic E-state index is 0.0174. The Bertz CT molecular complexity index is 515. The topological polar surface area (TPSA) is 37.0 Å². The molecule has 3 nitrogen and oxygen atoms in total. The SMILES string of the molecule is C=C(Nc1nccs1)C(NC)C(/C=C\C#CC)=C/C. The van der Waals surface area contributed by atoms with Gasteiger partial charge in [0.15, 0.2) is 5.13 Å². The predicted octanol–water partition coefficient (Wildman–Crippen LogP) is 3.18. The summed E-state index contributed by atoms with van der Waals surface area (Å²) in [6.45, 7) is 7.90. The first kappa shape index (κ1) is 15.2. The van der Waals surface area contributed by atoms with Gasteiger partial charge < -0.3 is 10.6 Å². The van der Waals surface area contributed by atoms with Crippen molar-refractivity contribution >= 4 is 16.5 Å². The molecule has 0 aliphatic rings. The molecule has 19 heavy (non-hydrogen) atoms. The van der Waals surface area contributed by atoms with Crippen molar-refractivity contribution in [2.45, 2.75) is 19.9 Å². The van der Waals surface area contributed by atoms with Crippen molar-refractivity contribution in [2.24, 2.45) is 0 Å². The number of allylic oxidation sites excluding steroid dienone is 2. The zero-order valence-electron chi connectivity index (χ0n) is 11.5. The van der Waals surface area contributed by atoms with Gasteiger partial charge in [-0.05, 0) is 38.6 Å². The molecule has 1 aromatic heterocycles. The van der Waals surface area contributed by atoms with E-state index in [2.05, 4.69) is 34.0 Å². The molecule has 100 valence electrons. The van der Waals surface area contributed by atoms with Gasteiger partial charge in [0.2, 0.25) is 0 Å². The maximum atomic E-state index is 4.19. The van der Waals surface area contributed by atoms with E-state index in [4.69, 9.17) is 0 Å². The van der Waals surface area contributed by atoms with E-state index in [0.29, 0.717) is 0 Å². The maximum absolute atomic E-state index is 4.19. The number of rotatable bonds is 6. The first-order valence-corrected chi connectivity index (χ1v) is 6.88. The van der Waals surface area contributed by atoms with E-state index in [1.807, 2.05) is 44.5 Å². The van der Waals surface area contributed by atoms with Gasteiger partial charge in [0.1, 0.15) is 0 Å². The Labute approximate surface area is 119 Å². The molecule has 0 aliphatic carbocycles. The van der Waals surface area contributed by atoms with Crippen LogP contribution >= 0.6 is 11.3 Å². The molecule has 1 aromatic rings. The quantitative estimate of drug-likeness (QED) is 0.617. The number of nitrogens with zero attached hydrogens (tertiary/aromatic N) is 1. The monoisotopic (exact) mass is 273 g/mol. The van der Waals surface area contributed by atoms with E-state index in [-0.39, 0.29) is 6.04 Å². The highest BCUT2D eigenvalue weighted by atomic mass is 32.1. The summed E-state index contributed by atoms with van der Waals surface area (Å²) in [4.78, 5) is 4.19. The number of hydrogen-bond donors (Lipinski definition) is 2. The van der Waals surface area contributed by atoms with Gasteiger partial charge in [-0.25, -0.2) is 4.98 Å².